The standard InChI is InChI=1S/C25H22FN5OS/c1-27-22-7-4-16(13-20(22)26)19-14-23(25(32)31-10-3-8-28-9-11-31)33-24(19)17-5-6-21-18(12-17)15-30(2)29-21/h4-7,12-15,28H,3,8-11H2,2H3. The molecule has 4 aromatic rings. The zero-order chi connectivity index (χ0) is 22.9. The van der Waals surface area contributed by atoms with Crippen molar-refractivity contribution in [3.8, 4) is 21.6 Å². The molecule has 0 unspecified atom stereocenters. The Bertz CT molecular complexity index is 1390. The molecule has 2 aromatic heterocycles. The van der Waals surface area contributed by atoms with E-state index >= 15 is 0 Å². The van der Waals surface area contributed by atoms with Gasteiger partial charge in [0.1, 0.15) is 5.82 Å². The van der Waals surface area contributed by atoms with Crippen molar-refractivity contribution in [2.45, 2.75) is 6.42 Å². The second kappa shape index (κ2) is 8.77. The summed E-state index contributed by atoms with van der Waals surface area (Å²) in [5.74, 6) is -0.564. The predicted molar refractivity (Wildman–Crippen MR) is 129 cm³/mol. The van der Waals surface area contributed by atoms with Crippen LogP contribution in [0.2, 0.25) is 0 Å². The molecule has 6 nitrogen and oxygen atoms in total. The number of carbonyl (C=O) groups is 1. The number of hydrogen-bond donors (Lipinski definition) is 1. The van der Waals surface area contributed by atoms with Crippen LogP contribution in [0.1, 0.15) is 16.1 Å². The van der Waals surface area contributed by atoms with E-state index in [1.165, 1.54) is 23.5 Å². The number of nitrogens with one attached hydrogen (secondary N) is 1. The molecule has 1 fully saturated rings. The molecular weight excluding hydrogens is 437 g/mol. The Labute approximate surface area is 195 Å². The molecule has 1 amide bonds. The van der Waals surface area contributed by atoms with Crippen molar-refractivity contribution < 1.29 is 9.18 Å². The highest BCUT2D eigenvalue weighted by Crippen LogP contribution is 2.41. The molecular formula is C25H22FN5OS. The smallest absolute Gasteiger partial charge is 0.264 e. The van der Waals surface area contributed by atoms with E-state index in [0.717, 1.165) is 46.4 Å². The van der Waals surface area contributed by atoms with E-state index in [1.54, 1.807) is 10.7 Å². The van der Waals surface area contributed by atoms with Crippen LogP contribution >= 0.6 is 11.3 Å². The zero-order valence-electron chi connectivity index (χ0n) is 18.1. The van der Waals surface area contributed by atoms with Gasteiger partial charge in [-0.3, -0.25) is 9.48 Å². The van der Waals surface area contributed by atoms with Crippen LogP contribution in [0.3, 0.4) is 0 Å². The van der Waals surface area contributed by atoms with Crippen LogP contribution in [-0.4, -0.2) is 46.8 Å². The lowest BCUT2D eigenvalue weighted by molar-refractivity contribution is 0.0771. The topological polar surface area (TPSA) is 54.5 Å². The first kappa shape index (κ1) is 21.3. The van der Waals surface area contributed by atoms with Gasteiger partial charge in [-0.15, -0.1) is 11.3 Å². The first-order valence-corrected chi connectivity index (χ1v) is 11.6. The van der Waals surface area contributed by atoms with Gasteiger partial charge < -0.3 is 10.2 Å². The number of benzene rings is 2. The fraction of sp³-hybridized carbons (Fsp3) is 0.240. The van der Waals surface area contributed by atoms with E-state index in [-0.39, 0.29) is 11.6 Å². The first-order chi connectivity index (χ1) is 16.0. The third-order valence-electron chi connectivity index (χ3n) is 5.83. The van der Waals surface area contributed by atoms with Gasteiger partial charge in [-0.05, 0) is 48.4 Å². The van der Waals surface area contributed by atoms with Gasteiger partial charge in [-0.2, -0.15) is 5.10 Å². The van der Waals surface area contributed by atoms with Crippen molar-refractivity contribution >= 4 is 33.8 Å². The molecule has 5 rings (SSSR count). The number of thiophene rings is 1. The normalized spacial score (nSPS) is 14.3. The Morgan fingerprint density at radius 3 is 2.82 bits per heavy atom. The number of nitrogens with zero attached hydrogens (tertiary/aromatic N) is 4. The summed E-state index contributed by atoms with van der Waals surface area (Å²) in [6.07, 6.45) is 2.87. The average molecular weight is 460 g/mol. The van der Waals surface area contributed by atoms with Crippen LogP contribution < -0.4 is 5.32 Å². The number of rotatable bonds is 3. The predicted octanol–water partition coefficient (Wildman–Crippen LogP) is 5.09. The minimum atomic E-state index is -0.561. The van der Waals surface area contributed by atoms with Gasteiger partial charge in [0.05, 0.1) is 17.0 Å². The number of hydrogen-bond acceptors (Lipinski definition) is 4. The van der Waals surface area contributed by atoms with Gasteiger partial charge in [0.25, 0.3) is 5.91 Å². The van der Waals surface area contributed by atoms with Gasteiger partial charge >= 0.3 is 0 Å². The van der Waals surface area contributed by atoms with Crippen LogP contribution in [0, 0.1) is 12.4 Å². The summed E-state index contributed by atoms with van der Waals surface area (Å²) in [7, 11) is 1.88. The van der Waals surface area contributed by atoms with E-state index in [9.17, 15) is 9.18 Å². The molecule has 166 valence electrons. The van der Waals surface area contributed by atoms with Crippen LogP contribution in [0.5, 0.6) is 0 Å². The highest BCUT2D eigenvalue weighted by molar-refractivity contribution is 7.18. The molecule has 0 atom stereocenters. The molecule has 3 heterocycles. The quantitative estimate of drug-likeness (QED) is 0.434. The molecule has 8 heteroatoms. The molecule has 1 aliphatic heterocycles. The highest BCUT2D eigenvalue weighted by atomic mass is 32.1. The second-order valence-corrected chi connectivity index (χ2v) is 9.16. The number of carbonyl (C=O) groups excluding carboxylic acids is 1. The summed E-state index contributed by atoms with van der Waals surface area (Å²) in [5.41, 5.74) is 3.26. The Balaban J connectivity index is 1.63. The van der Waals surface area contributed by atoms with Crippen molar-refractivity contribution in [2.75, 3.05) is 26.2 Å². The lowest BCUT2D eigenvalue weighted by atomic mass is 10.0. The maximum atomic E-state index is 14.5. The Morgan fingerprint density at radius 1 is 1.15 bits per heavy atom. The second-order valence-electron chi connectivity index (χ2n) is 8.10. The van der Waals surface area contributed by atoms with Crippen LogP contribution in [-0.2, 0) is 7.05 Å². The zero-order valence-corrected chi connectivity index (χ0v) is 19.0. The number of fused-ring (bicyclic) bond motifs is 1. The summed E-state index contributed by atoms with van der Waals surface area (Å²) in [6.45, 7) is 10.2. The fourth-order valence-corrected chi connectivity index (χ4v) is 5.33. The molecule has 1 aliphatic rings. The summed E-state index contributed by atoms with van der Waals surface area (Å²) >= 11 is 1.43. The Kier molecular flexibility index (Phi) is 5.67. The van der Waals surface area contributed by atoms with Crippen molar-refractivity contribution in [2.24, 2.45) is 7.05 Å². The summed E-state index contributed by atoms with van der Waals surface area (Å²) in [4.78, 5) is 20.0. The molecule has 0 spiro atoms. The largest absolute Gasteiger partial charge is 0.337 e. The van der Waals surface area contributed by atoms with E-state index in [4.69, 9.17) is 6.57 Å². The molecule has 1 saturated heterocycles. The maximum absolute atomic E-state index is 14.5. The third kappa shape index (κ3) is 4.13. The lowest BCUT2D eigenvalue weighted by Gasteiger charge is -2.18. The van der Waals surface area contributed by atoms with Gasteiger partial charge in [0, 0.05) is 48.7 Å². The van der Waals surface area contributed by atoms with E-state index < -0.39 is 5.82 Å². The lowest BCUT2D eigenvalue weighted by Crippen LogP contribution is -2.33. The average Bonchev–Trinajstić information content (AvgIpc) is 3.31. The third-order valence-corrected chi connectivity index (χ3v) is 7.00. The molecule has 0 aliphatic carbocycles. The molecule has 1 N–H and O–H groups in total. The van der Waals surface area contributed by atoms with Gasteiger partial charge in [0.15, 0.2) is 0 Å². The van der Waals surface area contributed by atoms with Gasteiger partial charge in [0.2, 0.25) is 5.69 Å². The summed E-state index contributed by atoms with van der Waals surface area (Å²) in [6, 6.07) is 12.5. The van der Waals surface area contributed by atoms with E-state index in [1.807, 2.05) is 42.4 Å². The summed E-state index contributed by atoms with van der Waals surface area (Å²) in [5, 5.41) is 8.76. The minimum Gasteiger partial charge on any atom is -0.337 e. The van der Waals surface area contributed by atoms with Crippen LogP contribution in [0.15, 0.2) is 48.7 Å². The van der Waals surface area contributed by atoms with E-state index in [0.29, 0.717) is 23.5 Å². The van der Waals surface area contributed by atoms with Crippen molar-refractivity contribution in [3.05, 3.63) is 70.8 Å². The van der Waals surface area contributed by atoms with Gasteiger partial charge in [-0.1, -0.05) is 18.2 Å². The number of aryl methyl sites for hydroxylation is 1. The highest BCUT2D eigenvalue weighted by Gasteiger charge is 2.23. The first-order valence-electron chi connectivity index (χ1n) is 10.8. The van der Waals surface area contributed by atoms with Crippen molar-refractivity contribution in [1.82, 2.24) is 20.0 Å². The molecule has 0 radical (unpaired) electrons. The molecule has 33 heavy (non-hydrogen) atoms. The Hall–Kier alpha value is -3.54. The number of halogens is 1. The molecule has 0 saturated carbocycles. The van der Waals surface area contributed by atoms with Crippen molar-refractivity contribution in [1.29, 1.82) is 0 Å². The monoisotopic (exact) mass is 459 g/mol. The van der Waals surface area contributed by atoms with Crippen molar-refractivity contribution in [3.63, 3.8) is 0 Å². The fourth-order valence-electron chi connectivity index (χ4n) is 4.19. The summed E-state index contributed by atoms with van der Waals surface area (Å²) < 4.78 is 16.2. The van der Waals surface area contributed by atoms with Gasteiger partial charge in [-0.25, -0.2) is 9.24 Å². The SMILES string of the molecule is [C-]#[N+]c1ccc(-c2cc(C(=O)N3CCCNCC3)sc2-c2ccc3nn(C)cc3c2)cc1F. The Morgan fingerprint density at radius 2 is 2.00 bits per heavy atom. The minimum absolute atomic E-state index is 0.00286. The van der Waals surface area contributed by atoms with Crippen LogP contribution in [0.4, 0.5) is 10.1 Å². The van der Waals surface area contributed by atoms with Crippen LogP contribution in [0.25, 0.3) is 37.3 Å². The number of aromatic nitrogens is 2. The molecule has 2 aromatic carbocycles. The maximum Gasteiger partial charge on any atom is 0.264 e. The van der Waals surface area contributed by atoms with E-state index in [2.05, 4.69) is 15.3 Å². The molecule has 0 bridgehead atoms. The number of amides is 1.